The largest absolute Gasteiger partial charge is 0.324 e. The number of halogens is 1. The Morgan fingerprint density at radius 2 is 1.80 bits per heavy atom. The van der Waals surface area contributed by atoms with E-state index in [9.17, 15) is 0 Å². The maximum atomic E-state index is 6.40. The molecular formula is C16H22BrN3. The van der Waals surface area contributed by atoms with Crippen LogP contribution in [0.1, 0.15) is 41.0 Å². The third kappa shape index (κ3) is 3.13. The van der Waals surface area contributed by atoms with Crippen molar-refractivity contribution in [2.75, 3.05) is 0 Å². The molecule has 0 saturated heterocycles. The van der Waals surface area contributed by atoms with Gasteiger partial charge in [0.2, 0.25) is 0 Å². The lowest BCUT2D eigenvalue weighted by Gasteiger charge is -2.15. The minimum Gasteiger partial charge on any atom is -0.324 e. The van der Waals surface area contributed by atoms with E-state index in [1.165, 1.54) is 22.4 Å². The number of hydrogen-bond acceptors (Lipinski definition) is 2. The normalized spacial score (nSPS) is 12.7. The van der Waals surface area contributed by atoms with Gasteiger partial charge in [-0.1, -0.05) is 29.3 Å². The molecular weight excluding hydrogens is 314 g/mol. The van der Waals surface area contributed by atoms with Crippen molar-refractivity contribution in [3.8, 4) is 0 Å². The van der Waals surface area contributed by atoms with Crippen LogP contribution >= 0.6 is 15.9 Å². The molecule has 1 aromatic heterocycles. The van der Waals surface area contributed by atoms with E-state index >= 15 is 0 Å². The van der Waals surface area contributed by atoms with Gasteiger partial charge < -0.3 is 5.73 Å². The summed E-state index contributed by atoms with van der Waals surface area (Å²) in [5.41, 5.74) is 12.3. The van der Waals surface area contributed by atoms with Crippen molar-refractivity contribution in [3.63, 3.8) is 0 Å². The van der Waals surface area contributed by atoms with E-state index in [0.29, 0.717) is 0 Å². The van der Waals surface area contributed by atoms with Gasteiger partial charge in [0.15, 0.2) is 0 Å². The summed E-state index contributed by atoms with van der Waals surface area (Å²) in [6.45, 7) is 9.20. The minimum atomic E-state index is -0.00806. The van der Waals surface area contributed by atoms with Gasteiger partial charge in [0.1, 0.15) is 0 Å². The lowest BCUT2D eigenvalue weighted by molar-refractivity contribution is 0.586. The van der Waals surface area contributed by atoms with Crippen LogP contribution in [0.2, 0.25) is 0 Å². The van der Waals surface area contributed by atoms with Crippen molar-refractivity contribution in [3.05, 3.63) is 50.8 Å². The van der Waals surface area contributed by atoms with E-state index < -0.39 is 0 Å². The van der Waals surface area contributed by atoms with Crippen LogP contribution < -0.4 is 5.73 Å². The lowest BCUT2D eigenvalue weighted by atomic mass is 9.98. The number of nitrogens with zero attached hydrogens (tertiary/aromatic N) is 2. The van der Waals surface area contributed by atoms with E-state index in [1.54, 1.807) is 0 Å². The Morgan fingerprint density at radius 1 is 1.20 bits per heavy atom. The SMILES string of the molecule is CCn1nc(C)c(Br)c1CC(N)c1cc(C)cc(C)c1. The second-order valence-electron chi connectivity index (χ2n) is 5.39. The average molecular weight is 336 g/mol. The molecule has 0 aliphatic carbocycles. The Bertz CT molecular complexity index is 596. The van der Waals surface area contributed by atoms with Crippen molar-refractivity contribution < 1.29 is 0 Å². The second-order valence-corrected chi connectivity index (χ2v) is 6.19. The fourth-order valence-electron chi connectivity index (χ4n) is 2.61. The Kier molecular flexibility index (Phi) is 4.66. The zero-order valence-electron chi connectivity index (χ0n) is 12.6. The molecule has 20 heavy (non-hydrogen) atoms. The van der Waals surface area contributed by atoms with Crippen molar-refractivity contribution >= 4 is 15.9 Å². The van der Waals surface area contributed by atoms with Gasteiger partial charge in [0.25, 0.3) is 0 Å². The maximum absolute atomic E-state index is 6.40. The van der Waals surface area contributed by atoms with Crippen molar-refractivity contribution in [2.45, 2.75) is 46.7 Å². The number of aromatic nitrogens is 2. The summed E-state index contributed by atoms with van der Waals surface area (Å²) in [7, 11) is 0. The van der Waals surface area contributed by atoms with E-state index in [4.69, 9.17) is 5.73 Å². The Hall–Kier alpha value is -1.13. The molecule has 2 aromatic rings. The molecule has 0 bridgehead atoms. The molecule has 2 N–H and O–H groups in total. The Labute approximate surface area is 129 Å². The van der Waals surface area contributed by atoms with Crippen LogP contribution in [0.3, 0.4) is 0 Å². The summed E-state index contributed by atoms with van der Waals surface area (Å²) in [6.07, 6.45) is 0.790. The summed E-state index contributed by atoms with van der Waals surface area (Å²) < 4.78 is 3.11. The third-order valence-corrected chi connectivity index (χ3v) is 4.57. The average Bonchev–Trinajstić information content (AvgIpc) is 2.65. The number of rotatable bonds is 4. The molecule has 0 amide bonds. The molecule has 3 nitrogen and oxygen atoms in total. The van der Waals surface area contributed by atoms with Crippen LogP contribution in [0.25, 0.3) is 0 Å². The molecule has 2 rings (SSSR count). The van der Waals surface area contributed by atoms with Crippen LogP contribution in [0.4, 0.5) is 0 Å². The summed E-state index contributed by atoms with van der Waals surface area (Å²) in [5, 5.41) is 4.52. The first-order valence-electron chi connectivity index (χ1n) is 6.98. The number of hydrogen-bond donors (Lipinski definition) is 1. The first kappa shape index (κ1) is 15.3. The van der Waals surface area contributed by atoms with Crippen molar-refractivity contribution in [2.24, 2.45) is 5.73 Å². The molecule has 0 aliphatic heterocycles. The van der Waals surface area contributed by atoms with E-state index in [2.05, 4.69) is 60.0 Å². The third-order valence-electron chi connectivity index (χ3n) is 3.54. The second kappa shape index (κ2) is 6.10. The van der Waals surface area contributed by atoms with Gasteiger partial charge >= 0.3 is 0 Å². The first-order chi connectivity index (χ1) is 9.42. The zero-order valence-corrected chi connectivity index (χ0v) is 14.2. The maximum Gasteiger partial charge on any atom is 0.0738 e. The highest BCUT2D eigenvalue weighted by Crippen LogP contribution is 2.26. The van der Waals surface area contributed by atoms with Crippen molar-refractivity contribution in [1.82, 2.24) is 9.78 Å². The van der Waals surface area contributed by atoms with E-state index in [1.807, 2.05) is 11.6 Å². The highest BCUT2D eigenvalue weighted by molar-refractivity contribution is 9.10. The summed E-state index contributed by atoms with van der Waals surface area (Å²) in [6, 6.07) is 6.51. The predicted octanol–water partition coefficient (Wildman–Crippen LogP) is 3.83. The van der Waals surface area contributed by atoms with Gasteiger partial charge in [-0.25, -0.2) is 0 Å². The van der Waals surface area contributed by atoms with E-state index in [0.717, 1.165) is 23.1 Å². The molecule has 0 saturated carbocycles. The van der Waals surface area contributed by atoms with Crippen LogP contribution in [0, 0.1) is 20.8 Å². The van der Waals surface area contributed by atoms with Crippen LogP contribution in [0.15, 0.2) is 22.7 Å². The first-order valence-corrected chi connectivity index (χ1v) is 7.77. The fourth-order valence-corrected chi connectivity index (χ4v) is 3.06. The molecule has 1 heterocycles. The van der Waals surface area contributed by atoms with E-state index in [-0.39, 0.29) is 6.04 Å². The highest BCUT2D eigenvalue weighted by atomic mass is 79.9. The lowest BCUT2D eigenvalue weighted by Crippen LogP contribution is -2.16. The molecule has 0 spiro atoms. The number of aryl methyl sites for hydroxylation is 4. The van der Waals surface area contributed by atoms with Gasteiger partial charge in [0.05, 0.1) is 15.9 Å². The quantitative estimate of drug-likeness (QED) is 0.922. The van der Waals surface area contributed by atoms with Gasteiger partial charge in [0, 0.05) is 19.0 Å². The van der Waals surface area contributed by atoms with Crippen molar-refractivity contribution in [1.29, 1.82) is 0 Å². The standard InChI is InChI=1S/C16H22BrN3/c1-5-20-15(16(17)12(4)19-20)9-14(18)13-7-10(2)6-11(3)8-13/h6-8,14H,5,9,18H2,1-4H3. The number of benzene rings is 1. The zero-order chi connectivity index (χ0) is 14.9. The fraction of sp³-hybridized carbons (Fsp3) is 0.438. The Balaban J connectivity index is 2.29. The van der Waals surface area contributed by atoms with Gasteiger partial charge in [-0.3, -0.25) is 4.68 Å². The molecule has 0 radical (unpaired) electrons. The molecule has 0 aliphatic rings. The van der Waals surface area contributed by atoms with Gasteiger partial charge in [-0.05, 0) is 49.2 Å². The molecule has 1 unspecified atom stereocenters. The molecule has 108 valence electrons. The molecule has 1 atom stereocenters. The van der Waals surface area contributed by atoms with Crippen LogP contribution in [-0.2, 0) is 13.0 Å². The minimum absolute atomic E-state index is 0.00806. The highest BCUT2D eigenvalue weighted by Gasteiger charge is 2.16. The molecule has 1 aromatic carbocycles. The predicted molar refractivity (Wildman–Crippen MR) is 86.9 cm³/mol. The van der Waals surface area contributed by atoms with Crippen LogP contribution in [0.5, 0.6) is 0 Å². The number of nitrogens with two attached hydrogens (primary N) is 1. The summed E-state index contributed by atoms with van der Waals surface area (Å²) >= 11 is 3.63. The summed E-state index contributed by atoms with van der Waals surface area (Å²) in [5.74, 6) is 0. The van der Waals surface area contributed by atoms with Gasteiger partial charge in [-0.15, -0.1) is 0 Å². The smallest absolute Gasteiger partial charge is 0.0738 e. The van der Waals surface area contributed by atoms with Gasteiger partial charge in [-0.2, -0.15) is 5.10 Å². The summed E-state index contributed by atoms with van der Waals surface area (Å²) in [4.78, 5) is 0. The molecule has 0 fully saturated rings. The topological polar surface area (TPSA) is 43.8 Å². The Morgan fingerprint density at radius 3 is 2.35 bits per heavy atom. The molecule has 4 heteroatoms. The monoisotopic (exact) mass is 335 g/mol. The van der Waals surface area contributed by atoms with Crippen LogP contribution in [-0.4, -0.2) is 9.78 Å².